The van der Waals surface area contributed by atoms with Crippen LogP contribution >= 0.6 is 11.8 Å². The average molecular weight is 400 g/mol. The van der Waals surface area contributed by atoms with E-state index in [0.29, 0.717) is 23.2 Å². The zero-order valence-electron chi connectivity index (χ0n) is 17.1. The predicted molar refractivity (Wildman–Crippen MR) is 120 cm³/mol. The summed E-state index contributed by atoms with van der Waals surface area (Å²) in [6, 6.07) is 7.17. The van der Waals surface area contributed by atoms with Gasteiger partial charge in [-0.05, 0) is 57.9 Å². The quantitative estimate of drug-likeness (QED) is 0.612. The number of carbonyl (C=O) groups excluding carboxylic acids is 1. The number of amides is 2. The molecule has 0 atom stereocenters. The number of para-hydroxylation sites is 2. The molecule has 0 saturated carbocycles. The lowest BCUT2D eigenvalue weighted by atomic mass is 10.1. The number of ether oxygens (including phenoxy) is 1. The molecule has 150 valence electrons. The summed E-state index contributed by atoms with van der Waals surface area (Å²) >= 11 is 1.59. The molecular weight excluding hydrogens is 370 g/mol. The Bertz CT molecular complexity index is 808. The maximum absolute atomic E-state index is 13.4. The minimum Gasteiger partial charge on any atom is -0.492 e. The van der Waals surface area contributed by atoms with Crippen LogP contribution in [-0.4, -0.2) is 35.0 Å². The number of allylic oxidation sites excluding steroid dienone is 4. The number of benzene rings is 1. The van der Waals surface area contributed by atoms with Gasteiger partial charge in [0.15, 0.2) is 5.17 Å². The van der Waals surface area contributed by atoms with Crippen LogP contribution in [0.15, 0.2) is 64.8 Å². The van der Waals surface area contributed by atoms with Crippen molar-refractivity contribution in [2.45, 2.75) is 34.1 Å². The number of hydrogen-bond acceptors (Lipinski definition) is 4. The monoisotopic (exact) mass is 399 g/mol. The van der Waals surface area contributed by atoms with Crippen molar-refractivity contribution in [3.63, 3.8) is 0 Å². The smallest absolute Gasteiger partial charge is 0.332 e. The summed E-state index contributed by atoms with van der Waals surface area (Å²) in [5.41, 5.74) is 3.55. The van der Waals surface area contributed by atoms with E-state index in [2.05, 4.69) is 16.9 Å². The third-order valence-corrected chi connectivity index (χ3v) is 5.32. The molecule has 1 N–H and O–H groups in total. The maximum atomic E-state index is 13.4. The van der Waals surface area contributed by atoms with Gasteiger partial charge >= 0.3 is 6.03 Å². The van der Waals surface area contributed by atoms with E-state index in [1.165, 1.54) is 0 Å². The Morgan fingerprint density at radius 3 is 2.71 bits per heavy atom. The van der Waals surface area contributed by atoms with Crippen molar-refractivity contribution in [3.8, 4) is 5.75 Å². The van der Waals surface area contributed by atoms with Crippen molar-refractivity contribution in [3.05, 3.63) is 59.8 Å². The van der Waals surface area contributed by atoms with Crippen LogP contribution in [0.25, 0.3) is 0 Å². The molecule has 0 spiro atoms. The van der Waals surface area contributed by atoms with Crippen molar-refractivity contribution >= 4 is 28.6 Å². The minimum atomic E-state index is -0.269. The van der Waals surface area contributed by atoms with Crippen LogP contribution in [0.5, 0.6) is 5.75 Å². The fraction of sp³-hybridized carbons (Fsp3) is 0.364. The first-order valence-electron chi connectivity index (χ1n) is 9.47. The normalized spacial score (nSPS) is 14.0. The zero-order valence-corrected chi connectivity index (χ0v) is 17.9. The Balaban J connectivity index is 2.46. The van der Waals surface area contributed by atoms with Gasteiger partial charge in [0.2, 0.25) is 0 Å². The molecule has 1 aliphatic rings. The second-order valence-electron chi connectivity index (χ2n) is 6.47. The van der Waals surface area contributed by atoms with Gasteiger partial charge in [0.05, 0.1) is 18.0 Å². The lowest BCUT2D eigenvalue weighted by Crippen LogP contribution is -2.39. The van der Waals surface area contributed by atoms with Gasteiger partial charge < -0.3 is 10.1 Å². The van der Waals surface area contributed by atoms with Crippen molar-refractivity contribution in [1.82, 2.24) is 4.90 Å². The van der Waals surface area contributed by atoms with E-state index in [-0.39, 0.29) is 6.03 Å². The molecule has 1 aromatic rings. The number of rotatable bonds is 6. The highest BCUT2D eigenvalue weighted by molar-refractivity contribution is 8.13. The summed E-state index contributed by atoms with van der Waals surface area (Å²) in [6.07, 6.45) is 4.57. The van der Waals surface area contributed by atoms with Crippen molar-refractivity contribution in [2.24, 2.45) is 4.99 Å². The molecule has 1 heterocycles. The Morgan fingerprint density at radius 2 is 2.11 bits per heavy atom. The molecule has 0 fully saturated rings. The topological polar surface area (TPSA) is 53.9 Å². The van der Waals surface area contributed by atoms with E-state index in [1.807, 2.05) is 58.0 Å². The van der Waals surface area contributed by atoms with Crippen LogP contribution in [-0.2, 0) is 0 Å². The molecular formula is C22H29N3O2S. The van der Waals surface area contributed by atoms with Gasteiger partial charge in [-0.3, -0.25) is 4.99 Å². The summed E-state index contributed by atoms with van der Waals surface area (Å²) in [6.45, 7) is 13.1. The number of nitrogens with one attached hydrogen (secondary N) is 1. The van der Waals surface area contributed by atoms with Crippen LogP contribution in [0.2, 0.25) is 0 Å². The van der Waals surface area contributed by atoms with Gasteiger partial charge in [-0.15, -0.1) is 0 Å². The number of carbonyl (C=O) groups is 1. The summed E-state index contributed by atoms with van der Waals surface area (Å²) in [7, 11) is 0. The molecule has 0 saturated heterocycles. The second-order valence-corrected chi connectivity index (χ2v) is 7.54. The van der Waals surface area contributed by atoms with Crippen LogP contribution in [0, 0.1) is 0 Å². The maximum Gasteiger partial charge on any atom is 0.332 e. The molecule has 2 amide bonds. The molecule has 1 aromatic carbocycles. The van der Waals surface area contributed by atoms with Crippen LogP contribution in [0.1, 0.15) is 34.1 Å². The first-order chi connectivity index (χ1) is 13.5. The Hall–Kier alpha value is -2.47. The van der Waals surface area contributed by atoms with Gasteiger partial charge in [0, 0.05) is 12.3 Å². The molecule has 0 bridgehead atoms. The number of aliphatic imine (C=N–C) groups is 1. The molecule has 1 aliphatic heterocycles. The summed E-state index contributed by atoms with van der Waals surface area (Å²) in [4.78, 5) is 19.6. The summed E-state index contributed by atoms with van der Waals surface area (Å²) < 4.78 is 5.65. The zero-order chi connectivity index (χ0) is 20.5. The first-order valence-corrected chi connectivity index (χ1v) is 10.5. The molecule has 6 heteroatoms. The number of hydrogen-bond donors (Lipinski definition) is 1. The van der Waals surface area contributed by atoms with Gasteiger partial charge in [0.1, 0.15) is 5.75 Å². The molecule has 0 aliphatic carbocycles. The number of amidine groups is 1. The van der Waals surface area contributed by atoms with E-state index < -0.39 is 0 Å². The van der Waals surface area contributed by atoms with Crippen molar-refractivity contribution in [1.29, 1.82) is 0 Å². The lowest BCUT2D eigenvalue weighted by Gasteiger charge is -2.29. The number of nitrogens with zero attached hydrogens (tertiary/aromatic N) is 2. The highest BCUT2D eigenvalue weighted by atomic mass is 32.2. The number of urea groups is 1. The van der Waals surface area contributed by atoms with Crippen LogP contribution < -0.4 is 10.1 Å². The third kappa shape index (κ3) is 5.52. The minimum absolute atomic E-state index is 0.269. The van der Waals surface area contributed by atoms with Gasteiger partial charge in [-0.1, -0.05) is 42.1 Å². The predicted octanol–water partition coefficient (Wildman–Crippen LogP) is 5.84. The molecule has 2 rings (SSSR count). The third-order valence-electron chi connectivity index (χ3n) is 4.25. The molecule has 28 heavy (non-hydrogen) atoms. The fourth-order valence-corrected chi connectivity index (χ4v) is 3.59. The van der Waals surface area contributed by atoms with E-state index in [0.717, 1.165) is 35.6 Å². The second kappa shape index (κ2) is 10.8. The standard InChI is InChI=1S/C22H29N3O2S/c1-6-11-19(17(5)16(3)4)25(22-23-14-10-15-28-22)21(26)24-18-12-8-9-13-20(18)27-7-2/h6,8-9,11-13H,1,7,10,14-15H2,2-5H3,(H,24,26)/b19-11+. The summed E-state index contributed by atoms with van der Waals surface area (Å²) in [5, 5.41) is 3.70. The lowest BCUT2D eigenvalue weighted by molar-refractivity contribution is 0.240. The Morgan fingerprint density at radius 1 is 1.36 bits per heavy atom. The van der Waals surface area contributed by atoms with Crippen LogP contribution in [0.3, 0.4) is 0 Å². The summed E-state index contributed by atoms with van der Waals surface area (Å²) in [5.74, 6) is 1.58. The molecule has 5 nitrogen and oxygen atoms in total. The van der Waals surface area contributed by atoms with E-state index >= 15 is 0 Å². The largest absolute Gasteiger partial charge is 0.492 e. The molecule has 0 aromatic heterocycles. The van der Waals surface area contributed by atoms with Crippen molar-refractivity contribution < 1.29 is 9.53 Å². The van der Waals surface area contributed by atoms with E-state index in [1.54, 1.807) is 22.7 Å². The number of thioether (sulfide) groups is 1. The Labute approximate surface area is 172 Å². The Kier molecular flexibility index (Phi) is 8.39. The fourth-order valence-electron chi connectivity index (χ4n) is 2.64. The highest BCUT2D eigenvalue weighted by Crippen LogP contribution is 2.29. The van der Waals surface area contributed by atoms with Crippen molar-refractivity contribution in [2.75, 3.05) is 24.2 Å². The molecule has 0 unspecified atom stereocenters. The van der Waals surface area contributed by atoms with Gasteiger partial charge in [0.25, 0.3) is 0 Å². The average Bonchev–Trinajstić information content (AvgIpc) is 2.69. The number of anilines is 1. The van der Waals surface area contributed by atoms with Crippen LogP contribution in [0.4, 0.5) is 10.5 Å². The van der Waals surface area contributed by atoms with Gasteiger partial charge in [-0.2, -0.15) is 0 Å². The SMILES string of the molecule is C=C/C=C(\C(C)=C(C)C)N(C(=O)Nc1ccccc1OCC)C1=NCCCS1. The van der Waals surface area contributed by atoms with E-state index in [9.17, 15) is 4.79 Å². The first kappa shape index (κ1) is 21.8. The van der Waals surface area contributed by atoms with E-state index in [4.69, 9.17) is 4.74 Å². The van der Waals surface area contributed by atoms with Gasteiger partial charge in [-0.25, -0.2) is 9.69 Å². The molecule has 0 radical (unpaired) electrons. The highest BCUT2D eigenvalue weighted by Gasteiger charge is 2.27.